The van der Waals surface area contributed by atoms with Gasteiger partial charge in [-0.15, -0.1) is 0 Å². The van der Waals surface area contributed by atoms with E-state index in [2.05, 4.69) is 5.32 Å². The minimum Gasteiger partial charge on any atom is -0.492 e. The van der Waals surface area contributed by atoms with Crippen molar-refractivity contribution in [3.05, 3.63) is 58.1 Å². The molecule has 1 saturated heterocycles. The van der Waals surface area contributed by atoms with Gasteiger partial charge in [-0.1, -0.05) is 17.7 Å². The van der Waals surface area contributed by atoms with E-state index in [9.17, 15) is 9.59 Å². The van der Waals surface area contributed by atoms with Crippen molar-refractivity contribution < 1.29 is 14.3 Å². The molecule has 2 aliphatic heterocycles. The molecule has 0 aliphatic carbocycles. The van der Waals surface area contributed by atoms with E-state index in [0.717, 1.165) is 42.8 Å². The Morgan fingerprint density at radius 1 is 1.18 bits per heavy atom. The summed E-state index contributed by atoms with van der Waals surface area (Å²) in [6, 6.07) is 10.9. The van der Waals surface area contributed by atoms with Crippen LogP contribution < -0.4 is 10.1 Å². The maximum Gasteiger partial charge on any atom is 0.254 e. The largest absolute Gasteiger partial charge is 0.492 e. The number of carbonyl (C=O) groups is 2. The normalized spacial score (nSPS) is 18.4. The summed E-state index contributed by atoms with van der Waals surface area (Å²) in [6.07, 6.45) is 2.68. The number of amides is 2. The summed E-state index contributed by atoms with van der Waals surface area (Å²) in [7, 11) is 0. The topological polar surface area (TPSA) is 58.6 Å². The zero-order valence-electron chi connectivity index (χ0n) is 15.8. The van der Waals surface area contributed by atoms with Crippen molar-refractivity contribution >= 4 is 29.1 Å². The molecule has 2 heterocycles. The molecule has 5 nitrogen and oxygen atoms in total. The van der Waals surface area contributed by atoms with E-state index in [1.807, 2.05) is 42.2 Å². The van der Waals surface area contributed by atoms with Crippen molar-refractivity contribution in [1.82, 2.24) is 4.90 Å². The van der Waals surface area contributed by atoms with Gasteiger partial charge < -0.3 is 15.0 Å². The Labute approximate surface area is 169 Å². The van der Waals surface area contributed by atoms with Crippen LogP contribution in [0.4, 0.5) is 5.69 Å². The third-order valence-electron chi connectivity index (χ3n) is 5.52. The lowest BCUT2D eigenvalue weighted by molar-refractivity contribution is -0.121. The summed E-state index contributed by atoms with van der Waals surface area (Å²) in [6.45, 7) is 3.81. The molecule has 2 aromatic rings. The molecule has 0 aromatic heterocycles. The number of nitrogens with zero attached hydrogens (tertiary/aromatic N) is 1. The van der Waals surface area contributed by atoms with E-state index < -0.39 is 0 Å². The zero-order valence-corrected chi connectivity index (χ0v) is 16.6. The molecule has 4 rings (SSSR count). The molecular formula is C22H23ClN2O3. The lowest BCUT2D eigenvalue weighted by Gasteiger charge is -2.25. The van der Waals surface area contributed by atoms with Gasteiger partial charge in [0.05, 0.1) is 5.92 Å². The highest BCUT2D eigenvalue weighted by molar-refractivity contribution is 6.30. The van der Waals surface area contributed by atoms with Gasteiger partial charge in [-0.05, 0) is 67.6 Å². The first-order valence-electron chi connectivity index (χ1n) is 9.64. The molecule has 0 radical (unpaired) electrons. The lowest BCUT2D eigenvalue weighted by Crippen LogP contribution is -2.33. The van der Waals surface area contributed by atoms with Crippen LogP contribution >= 0.6 is 11.6 Å². The number of likely N-dealkylation sites (tertiary alicyclic amines) is 1. The quantitative estimate of drug-likeness (QED) is 0.847. The van der Waals surface area contributed by atoms with Crippen LogP contribution in [0, 0.1) is 12.8 Å². The van der Waals surface area contributed by atoms with Crippen LogP contribution in [0.1, 0.15) is 34.3 Å². The Morgan fingerprint density at radius 2 is 1.96 bits per heavy atom. The van der Waals surface area contributed by atoms with E-state index in [0.29, 0.717) is 29.3 Å². The highest BCUT2D eigenvalue weighted by atomic mass is 35.5. The van der Waals surface area contributed by atoms with Crippen LogP contribution in [0.5, 0.6) is 5.75 Å². The molecule has 146 valence electrons. The average molecular weight is 399 g/mol. The van der Waals surface area contributed by atoms with Crippen molar-refractivity contribution in [2.75, 3.05) is 25.0 Å². The highest BCUT2D eigenvalue weighted by Gasteiger charge is 2.27. The van der Waals surface area contributed by atoms with E-state index in [1.165, 1.54) is 0 Å². The van der Waals surface area contributed by atoms with Crippen LogP contribution in [0.15, 0.2) is 36.4 Å². The molecule has 0 spiro atoms. The third-order valence-corrected chi connectivity index (χ3v) is 5.75. The summed E-state index contributed by atoms with van der Waals surface area (Å²) in [4.78, 5) is 27.5. The van der Waals surface area contributed by atoms with Gasteiger partial charge in [-0.2, -0.15) is 0 Å². The predicted molar refractivity (Wildman–Crippen MR) is 109 cm³/mol. The number of fused-ring (bicyclic) bond motifs is 1. The van der Waals surface area contributed by atoms with Crippen LogP contribution in [-0.2, 0) is 11.2 Å². The molecule has 2 aliphatic rings. The van der Waals surface area contributed by atoms with E-state index in [-0.39, 0.29) is 17.7 Å². The van der Waals surface area contributed by atoms with Crippen molar-refractivity contribution in [2.45, 2.75) is 26.2 Å². The van der Waals surface area contributed by atoms with Gasteiger partial charge in [0.2, 0.25) is 5.91 Å². The molecule has 1 atom stereocenters. The first-order valence-corrected chi connectivity index (χ1v) is 10.0. The Kier molecular flexibility index (Phi) is 5.27. The third kappa shape index (κ3) is 3.72. The second-order valence-electron chi connectivity index (χ2n) is 7.43. The van der Waals surface area contributed by atoms with E-state index in [4.69, 9.17) is 16.3 Å². The Hall–Kier alpha value is -2.53. The number of nitrogens with one attached hydrogen (secondary N) is 1. The minimum absolute atomic E-state index is 0.0377. The average Bonchev–Trinajstić information content (AvgIpc) is 3.23. The molecule has 2 amide bonds. The van der Waals surface area contributed by atoms with E-state index >= 15 is 0 Å². The van der Waals surface area contributed by atoms with Crippen LogP contribution in [-0.4, -0.2) is 36.4 Å². The Morgan fingerprint density at radius 3 is 2.75 bits per heavy atom. The smallest absolute Gasteiger partial charge is 0.254 e. The summed E-state index contributed by atoms with van der Waals surface area (Å²) < 4.78 is 5.73. The van der Waals surface area contributed by atoms with Crippen molar-refractivity contribution in [3.8, 4) is 5.75 Å². The summed E-state index contributed by atoms with van der Waals surface area (Å²) >= 11 is 6.06. The molecule has 2 aromatic carbocycles. The first kappa shape index (κ1) is 18.8. The fraction of sp³-hybridized carbons (Fsp3) is 0.364. The van der Waals surface area contributed by atoms with Crippen LogP contribution in [0.2, 0.25) is 5.02 Å². The van der Waals surface area contributed by atoms with Gasteiger partial charge in [0.1, 0.15) is 12.4 Å². The number of hydrogen-bond acceptors (Lipinski definition) is 3. The monoisotopic (exact) mass is 398 g/mol. The molecule has 0 saturated carbocycles. The lowest BCUT2D eigenvalue weighted by atomic mass is 9.95. The Bertz CT molecular complexity index is 922. The first-order chi connectivity index (χ1) is 13.5. The van der Waals surface area contributed by atoms with Gasteiger partial charge in [-0.3, -0.25) is 9.59 Å². The Balaban J connectivity index is 1.49. The molecule has 1 unspecified atom stereocenters. The summed E-state index contributed by atoms with van der Waals surface area (Å²) in [5, 5.41) is 3.62. The fourth-order valence-corrected chi connectivity index (χ4v) is 4.05. The molecule has 28 heavy (non-hydrogen) atoms. The number of halogens is 1. The maximum atomic E-state index is 12.8. The van der Waals surface area contributed by atoms with Crippen LogP contribution in [0.25, 0.3) is 0 Å². The van der Waals surface area contributed by atoms with Gasteiger partial charge >= 0.3 is 0 Å². The standard InChI is InChI=1S/C22H23ClN2O3/c1-14-18(22(27)25-9-2-3-10-25)5-4-6-19(14)24-21(26)16-11-15-12-17(23)7-8-20(15)28-13-16/h4-8,12,16H,2-3,9-11,13H2,1H3,(H,24,26). The zero-order chi connectivity index (χ0) is 19.7. The molecule has 6 heteroatoms. The second-order valence-corrected chi connectivity index (χ2v) is 7.87. The molecule has 1 fully saturated rings. The van der Waals surface area contributed by atoms with Gasteiger partial charge in [-0.25, -0.2) is 0 Å². The van der Waals surface area contributed by atoms with E-state index in [1.54, 1.807) is 6.07 Å². The number of rotatable bonds is 3. The number of ether oxygens (including phenoxy) is 1. The predicted octanol–water partition coefficient (Wildman–Crippen LogP) is 4.07. The van der Waals surface area contributed by atoms with Gasteiger partial charge in [0, 0.05) is 29.4 Å². The minimum atomic E-state index is -0.302. The molecule has 0 bridgehead atoms. The molecule has 1 N–H and O–H groups in total. The van der Waals surface area contributed by atoms with Crippen LogP contribution in [0.3, 0.4) is 0 Å². The van der Waals surface area contributed by atoms with Crippen molar-refractivity contribution in [2.24, 2.45) is 5.92 Å². The highest BCUT2D eigenvalue weighted by Crippen LogP contribution is 2.31. The summed E-state index contributed by atoms with van der Waals surface area (Å²) in [5.74, 6) is 0.404. The number of carbonyl (C=O) groups excluding carboxylic acids is 2. The number of hydrogen-bond donors (Lipinski definition) is 1. The summed E-state index contributed by atoms with van der Waals surface area (Å²) in [5.41, 5.74) is 3.06. The van der Waals surface area contributed by atoms with Gasteiger partial charge in [0.15, 0.2) is 0 Å². The van der Waals surface area contributed by atoms with Crippen molar-refractivity contribution in [3.63, 3.8) is 0 Å². The molecular weight excluding hydrogens is 376 g/mol. The maximum absolute atomic E-state index is 12.8. The SMILES string of the molecule is Cc1c(NC(=O)C2COc3ccc(Cl)cc3C2)cccc1C(=O)N1CCCC1. The number of anilines is 1. The van der Waals surface area contributed by atoms with Crippen molar-refractivity contribution in [1.29, 1.82) is 0 Å². The fourth-order valence-electron chi connectivity index (χ4n) is 3.86. The second kappa shape index (κ2) is 7.84. The van der Waals surface area contributed by atoms with Gasteiger partial charge in [0.25, 0.3) is 5.91 Å². The number of benzene rings is 2.